The number of aromatic nitrogens is 4. The number of carbonyl (C=O) groups excluding carboxylic acids is 3. The Labute approximate surface area is 323 Å². The summed E-state index contributed by atoms with van der Waals surface area (Å²) >= 11 is 0. The zero-order chi connectivity index (χ0) is 38.9. The maximum absolute atomic E-state index is 15.8. The summed E-state index contributed by atoms with van der Waals surface area (Å²) in [6, 6.07) is 17.3. The fraction of sp³-hybridized carbons (Fsp3) is 0.357. The number of carbonyl (C=O) groups is 3. The largest absolute Gasteiger partial charge is 0.457 e. The third-order valence-electron chi connectivity index (χ3n) is 10.9. The lowest BCUT2D eigenvalue weighted by Gasteiger charge is -2.30. The summed E-state index contributed by atoms with van der Waals surface area (Å²) in [5.74, 6) is 1.62. The zero-order valence-corrected chi connectivity index (χ0v) is 31.5. The minimum Gasteiger partial charge on any atom is -0.457 e. The first-order chi connectivity index (χ1) is 27.2. The van der Waals surface area contributed by atoms with E-state index >= 15 is 4.39 Å². The number of nitrogens with one attached hydrogen (secondary N) is 3. The standard InChI is InChI=1S/C42H44FN7O6/c1-24(2)37(48-41(52)54-3)40(51)49-15-8-12-34(49)39-45-21-31(46-39)29-20-36-28(19-30(29)43)18-27-17-26(13-14-35(27)56-36)38-44-22-32(47-38)33-11-7-16-50(33)42(53)55-23-25-9-5-4-6-10-25/h4-6,9-10,13-14,17,19-22,24,33-34,37H,7-8,11-12,15-16,18,23H2,1-3H3,(H,44,47)(H,45,46)(H,48,52)/t33-,34-,37-/m0/s1. The number of aromatic amines is 2. The van der Waals surface area contributed by atoms with E-state index in [0.29, 0.717) is 65.9 Å². The van der Waals surface area contributed by atoms with Crippen molar-refractivity contribution in [2.75, 3.05) is 20.2 Å². The Morgan fingerprint density at radius 1 is 0.929 bits per heavy atom. The van der Waals surface area contributed by atoms with E-state index in [4.69, 9.17) is 14.2 Å². The number of hydrogen-bond acceptors (Lipinski definition) is 8. The second kappa shape index (κ2) is 15.5. The van der Waals surface area contributed by atoms with Crippen LogP contribution in [-0.2, 0) is 27.3 Å². The fourth-order valence-electron chi connectivity index (χ4n) is 7.92. The summed E-state index contributed by atoms with van der Waals surface area (Å²) in [4.78, 5) is 58.0. The quantitative estimate of drug-likeness (QED) is 0.135. The van der Waals surface area contributed by atoms with Crippen LogP contribution in [0.5, 0.6) is 11.5 Å². The molecule has 0 radical (unpaired) electrons. The normalized spacial score (nSPS) is 17.9. The highest BCUT2D eigenvalue weighted by Crippen LogP contribution is 2.42. The van der Waals surface area contributed by atoms with E-state index in [-0.39, 0.29) is 36.6 Å². The van der Waals surface area contributed by atoms with Gasteiger partial charge in [0.25, 0.3) is 0 Å². The van der Waals surface area contributed by atoms with Gasteiger partial charge in [-0.05, 0) is 67.5 Å². The number of halogens is 1. The van der Waals surface area contributed by atoms with Gasteiger partial charge in [-0.3, -0.25) is 9.69 Å². The van der Waals surface area contributed by atoms with E-state index in [0.717, 1.165) is 41.6 Å². The van der Waals surface area contributed by atoms with E-state index in [2.05, 4.69) is 25.3 Å². The molecule has 14 heteroatoms. The lowest BCUT2D eigenvalue weighted by molar-refractivity contribution is -0.135. The summed E-state index contributed by atoms with van der Waals surface area (Å²) in [6.07, 6.45) is 5.91. The molecule has 0 spiro atoms. The molecule has 0 saturated carbocycles. The molecule has 3 N–H and O–H groups in total. The van der Waals surface area contributed by atoms with Gasteiger partial charge in [0.05, 0.1) is 43.0 Å². The van der Waals surface area contributed by atoms with Crippen molar-refractivity contribution in [3.63, 3.8) is 0 Å². The van der Waals surface area contributed by atoms with Gasteiger partial charge in [-0.1, -0.05) is 44.2 Å². The fourth-order valence-corrected chi connectivity index (χ4v) is 7.92. The van der Waals surface area contributed by atoms with Crippen molar-refractivity contribution in [2.45, 2.75) is 70.7 Å². The number of likely N-dealkylation sites (tertiary alicyclic amines) is 2. The zero-order valence-electron chi connectivity index (χ0n) is 31.5. The first-order valence-electron chi connectivity index (χ1n) is 19.0. The number of nitrogens with zero attached hydrogens (tertiary/aromatic N) is 4. The maximum Gasteiger partial charge on any atom is 0.410 e. The average Bonchev–Trinajstić information content (AvgIpc) is 4.05. The van der Waals surface area contributed by atoms with Gasteiger partial charge in [0.1, 0.15) is 41.6 Å². The molecule has 13 nitrogen and oxygen atoms in total. The van der Waals surface area contributed by atoms with Crippen LogP contribution in [0.3, 0.4) is 0 Å². The van der Waals surface area contributed by atoms with E-state index in [1.807, 2.05) is 62.4 Å². The number of fused-ring (bicyclic) bond motifs is 2. The van der Waals surface area contributed by atoms with Crippen molar-refractivity contribution < 1.29 is 33.0 Å². The summed E-state index contributed by atoms with van der Waals surface area (Å²) in [6.45, 7) is 5.07. The van der Waals surface area contributed by atoms with Crippen molar-refractivity contribution in [1.82, 2.24) is 35.1 Å². The second-order valence-corrected chi connectivity index (χ2v) is 14.8. The van der Waals surface area contributed by atoms with Gasteiger partial charge < -0.3 is 34.4 Å². The molecule has 3 atom stereocenters. The molecule has 3 aliphatic rings. The number of amides is 3. The maximum atomic E-state index is 15.8. The van der Waals surface area contributed by atoms with Gasteiger partial charge in [0.2, 0.25) is 5.91 Å². The van der Waals surface area contributed by atoms with Crippen LogP contribution in [0.1, 0.15) is 79.8 Å². The molecule has 2 aromatic heterocycles. The molecule has 3 aromatic carbocycles. The minimum atomic E-state index is -0.755. The van der Waals surface area contributed by atoms with E-state index in [9.17, 15) is 14.4 Å². The number of methoxy groups -OCH3 is 1. The smallest absolute Gasteiger partial charge is 0.410 e. The van der Waals surface area contributed by atoms with Crippen LogP contribution >= 0.6 is 0 Å². The number of rotatable bonds is 9. The number of hydrogen-bond donors (Lipinski definition) is 3. The Bertz CT molecular complexity index is 2250. The first kappa shape index (κ1) is 36.8. The van der Waals surface area contributed by atoms with Gasteiger partial charge in [0, 0.05) is 41.8 Å². The first-order valence-corrected chi connectivity index (χ1v) is 19.0. The molecule has 2 fully saturated rings. The van der Waals surface area contributed by atoms with Gasteiger partial charge in [-0.15, -0.1) is 0 Å². The Hall–Kier alpha value is -6.18. The van der Waals surface area contributed by atoms with Gasteiger partial charge >= 0.3 is 12.2 Å². The molecule has 3 amide bonds. The number of H-pyrrole nitrogens is 2. The van der Waals surface area contributed by atoms with Crippen LogP contribution in [0.25, 0.3) is 22.6 Å². The highest BCUT2D eigenvalue weighted by Gasteiger charge is 2.38. The van der Waals surface area contributed by atoms with Crippen LogP contribution in [0.4, 0.5) is 14.0 Å². The van der Waals surface area contributed by atoms with Gasteiger partial charge in [-0.25, -0.2) is 23.9 Å². The van der Waals surface area contributed by atoms with Crippen LogP contribution in [-0.4, -0.2) is 74.1 Å². The van der Waals surface area contributed by atoms with E-state index in [1.165, 1.54) is 13.2 Å². The molecule has 56 heavy (non-hydrogen) atoms. The Morgan fingerprint density at radius 3 is 2.48 bits per heavy atom. The molecule has 5 aromatic rings. The molecular weight excluding hydrogens is 718 g/mol. The molecule has 5 heterocycles. The Morgan fingerprint density at radius 2 is 1.70 bits per heavy atom. The Balaban J connectivity index is 0.951. The topological polar surface area (TPSA) is 155 Å². The van der Waals surface area contributed by atoms with Crippen molar-refractivity contribution in [3.8, 4) is 34.1 Å². The van der Waals surface area contributed by atoms with Gasteiger partial charge in [-0.2, -0.15) is 0 Å². The summed E-state index contributed by atoms with van der Waals surface area (Å²) in [7, 11) is 1.26. The third-order valence-corrected chi connectivity index (χ3v) is 10.9. The molecular formula is C42H44FN7O6. The number of imidazole rings is 2. The molecule has 0 aliphatic carbocycles. The predicted molar refractivity (Wildman–Crippen MR) is 204 cm³/mol. The van der Waals surface area contributed by atoms with Crippen molar-refractivity contribution in [3.05, 3.63) is 107 Å². The lowest BCUT2D eigenvalue weighted by atomic mass is 9.96. The minimum absolute atomic E-state index is 0.160. The van der Waals surface area contributed by atoms with Crippen LogP contribution in [0.15, 0.2) is 73.1 Å². The molecule has 8 rings (SSSR count). The molecule has 0 bridgehead atoms. The lowest BCUT2D eigenvalue weighted by Crippen LogP contribution is -2.51. The molecule has 2 saturated heterocycles. The average molecular weight is 762 g/mol. The third kappa shape index (κ3) is 7.30. The number of benzene rings is 3. The summed E-state index contributed by atoms with van der Waals surface area (Å²) < 4.78 is 32.5. The molecule has 0 unspecified atom stereocenters. The highest BCUT2D eigenvalue weighted by molar-refractivity contribution is 5.86. The van der Waals surface area contributed by atoms with Crippen LogP contribution in [0.2, 0.25) is 0 Å². The summed E-state index contributed by atoms with van der Waals surface area (Å²) in [5.41, 5.74) is 4.99. The predicted octanol–water partition coefficient (Wildman–Crippen LogP) is 7.82. The highest BCUT2D eigenvalue weighted by atomic mass is 19.1. The monoisotopic (exact) mass is 761 g/mol. The Kier molecular flexibility index (Phi) is 10.2. The summed E-state index contributed by atoms with van der Waals surface area (Å²) in [5, 5.41) is 2.66. The molecule has 3 aliphatic heterocycles. The SMILES string of the molecule is COC(=O)N[C@H](C(=O)N1CCC[C@H]1c1ncc(-c2cc3c(cc2F)Cc2cc(-c4ncc([C@@H]5CCCN5C(=O)OCc5ccccc5)[nH]4)ccc2O3)[nH]1)C(C)C. The van der Waals surface area contributed by atoms with Crippen molar-refractivity contribution in [1.29, 1.82) is 0 Å². The van der Waals surface area contributed by atoms with Crippen LogP contribution in [0, 0.1) is 11.7 Å². The van der Waals surface area contributed by atoms with Crippen molar-refractivity contribution >= 4 is 18.1 Å². The van der Waals surface area contributed by atoms with Crippen LogP contribution < -0.4 is 10.1 Å². The number of ether oxygens (including phenoxy) is 3. The van der Waals surface area contributed by atoms with Gasteiger partial charge in [0.15, 0.2) is 0 Å². The number of alkyl carbamates (subject to hydrolysis) is 1. The van der Waals surface area contributed by atoms with E-state index < -0.39 is 18.0 Å². The van der Waals surface area contributed by atoms with E-state index in [1.54, 1.807) is 28.3 Å². The van der Waals surface area contributed by atoms with Crippen molar-refractivity contribution in [2.24, 2.45) is 5.92 Å². The second-order valence-electron chi connectivity index (χ2n) is 14.8. The molecule has 290 valence electrons.